The van der Waals surface area contributed by atoms with Gasteiger partial charge in [-0.05, 0) is 29.1 Å². The molecule has 1 unspecified atom stereocenters. The van der Waals surface area contributed by atoms with E-state index in [0.29, 0.717) is 0 Å². The SMILES string of the molecule is O=C(Nc1ccc(F)cc1F)NC(c1ccccc1)c1cccs1. The Morgan fingerprint density at radius 1 is 1.00 bits per heavy atom. The third-order valence-corrected chi connectivity index (χ3v) is 4.35. The zero-order chi connectivity index (χ0) is 16.9. The largest absolute Gasteiger partial charge is 0.326 e. The van der Waals surface area contributed by atoms with E-state index in [1.54, 1.807) is 0 Å². The number of amides is 2. The minimum Gasteiger partial charge on any atom is -0.326 e. The Bertz CT molecular complexity index is 822. The van der Waals surface area contributed by atoms with Gasteiger partial charge in [-0.25, -0.2) is 13.6 Å². The van der Waals surface area contributed by atoms with Crippen molar-refractivity contribution >= 4 is 23.1 Å². The molecular formula is C18H14F2N2OS. The lowest BCUT2D eigenvalue weighted by atomic mass is 10.1. The predicted molar refractivity (Wildman–Crippen MR) is 91.1 cm³/mol. The third-order valence-electron chi connectivity index (χ3n) is 3.42. The fourth-order valence-electron chi connectivity index (χ4n) is 2.30. The van der Waals surface area contributed by atoms with Gasteiger partial charge in [0.25, 0.3) is 0 Å². The molecule has 3 nitrogen and oxygen atoms in total. The molecule has 0 bridgehead atoms. The first-order valence-corrected chi connectivity index (χ1v) is 8.12. The Hall–Kier alpha value is -2.73. The summed E-state index contributed by atoms with van der Waals surface area (Å²) in [6, 6.07) is 15.4. The summed E-state index contributed by atoms with van der Waals surface area (Å²) in [6.45, 7) is 0. The molecule has 0 radical (unpaired) electrons. The monoisotopic (exact) mass is 344 g/mol. The van der Waals surface area contributed by atoms with Crippen LogP contribution in [0.5, 0.6) is 0 Å². The maximum absolute atomic E-state index is 13.7. The van der Waals surface area contributed by atoms with E-state index in [0.717, 1.165) is 22.6 Å². The molecule has 0 aliphatic carbocycles. The average molecular weight is 344 g/mol. The van der Waals surface area contributed by atoms with Gasteiger partial charge in [-0.15, -0.1) is 11.3 Å². The van der Waals surface area contributed by atoms with Crippen molar-refractivity contribution in [2.24, 2.45) is 0 Å². The Labute approximate surface area is 142 Å². The molecular weight excluding hydrogens is 330 g/mol. The van der Waals surface area contributed by atoms with Crippen LogP contribution in [-0.4, -0.2) is 6.03 Å². The number of benzene rings is 2. The second kappa shape index (κ2) is 7.23. The number of urea groups is 1. The van der Waals surface area contributed by atoms with Gasteiger partial charge < -0.3 is 10.6 Å². The summed E-state index contributed by atoms with van der Waals surface area (Å²) in [5.74, 6) is -1.52. The Morgan fingerprint density at radius 2 is 1.79 bits per heavy atom. The summed E-state index contributed by atoms with van der Waals surface area (Å²) in [7, 11) is 0. The topological polar surface area (TPSA) is 41.1 Å². The van der Waals surface area contributed by atoms with Crippen molar-refractivity contribution in [1.82, 2.24) is 5.32 Å². The normalized spacial score (nSPS) is 11.8. The molecule has 3 aromatic rings. The summed E-state index contributed by atoms with van der Waals surface area (Å²) in [5.41, 5.74) is 0.835. The van der Waals surface area contributed by atoms with E-state index in [9.17, 15) is 13.6 Å². The molecule has 0 aliphatic heterocycles. The number of rotatable bonds is 4. The number of hydrogen-bond acceptors (Lipinski definition) is 2. The molecule has 3 rings (SSSR count). The van der Waals surface area contributed by atoms with Crippen molar-refractivity contribution in [3.8, 4) is 0 Å². The number of hydrogen-bond donors (Lipinski definition) is 2. The van der Waals surface area contributed by atoms with Crippen LogP contribution in [0.25, 0.3) is 0 Å². The molecule has 6 heteroatoms. The highest BCUT2D eigenvalue weighted by Crippen LogP contribution is 2.26. The molecule has 2 N–H and O–H groups in total. The van der Waals surface area contributed by atoms with Gasteiger partial charge in [-0.2, -0.15) is 0 Å². The quantitative estimate of drug-likeness (QED) is 0.692. The van der Waals surface area contributed by atoms with Crippen LogP contribution in [0.3, 0.4) is 0 Å². The average Bonchev–Trinajstić information content (AvgIpc) is 3.10. The van der Waals surface area contributed by atoms with E-state index < -0.39 is 17.7 Å². The zero-order valence-electron chi connectivity index (χ0n) is 12.5. The van der Waals surface area contributed by atoms with Crippen LogP contribution >= 0.6 is 11.3 Å². The van der Waals surface area contributed by atoms with E-state index in [1.807, 2.05) is 47.8 Å². The number of halogens is 2. The lowest BCUT2D eigenvalue weighted by molar-refractivity contribution is 0.250. The van der Waals surface area contributed by atoms with Crippen LogP contribution < -0.4 is 10.6 Å². The van der Waals surface area contributed by atoms with Gasteiger partial charge in [0.2, 0.25) is 0 Å². The van der Waals surface area contributed by atoms with Crippen molar-refractivity contribution < 1.29 is 13.6 Å². The fourth-order valence-corrected chi connectivity index (χ4v) is 3.10. The van der Waals surface area contributed by atoms with Crippen LogP contribution in [0.4, 0.5) is 19.3 Å². The number of nitrogens with one attached hydrogen (secondary N) is 2. The number of anilines is 1. The van der Waals surface area contributed by atoms with E-state index in [4.69, 9.17) is 0 Å². The molecule has 1 heterocycles. The summed E-state index contributed by atoms with van der Waals surface area (Å²) in [6.07, 6.45) is 0. The van der Waals surface area contributed by atoms with E-state index in [2.05, 4.69) is 10.6 Å². The molecule has 0 aliphatic rings. The highest BCUT2D eigenvalue weighted by molar-refractivity contribution is 7.10. The van der Waals surface area contributed by atoms with Gasteiger partial charge in [-0.3, -0.25) is 0 Å². The molecule has 2 aromatic carbocycles. The van der Waals surface area contributed by atoms with Gasteiger partial charge in [0.1, 0.15) is 11.6 Å². The summed E-state index contributed by atoms with van der Waals surface area (Å²) < 4.78 is 26.6. The van der Waals surface area contributed by atoms with Crippen molar-refractivity contribution in [2.75, 3.05) is 5.32 Å². The molecule has 0 saturated carbocycles. The predicted octanol–water partition coefficient (Wildman–Crippen LogP) is 4.94. The standard InChI is InChI=1S/C18H14F2N2OS/c19-13-8-9-15(14(20)11-13)21-18(23)22-17(16-7-4-10-24-16)12-5-2-1-3-6-12/h1-11,17H,(H2,21,22,23). The highest BCUT2D eigenvalue weighted by Gasteiger charge is 2.18. The molecule has 2 amide bonds. The second-order valence-corrected chi connectivity index (χ2v) is 6.06. The molecule has 1 atom stereocenters. The molecule has 122 valence electrons. The van der Waals surface area contributed by atoms with Gasteiger partial charge >= 0.3 is 6.03 Å². The maximum Gasteiger partial charge on any atom is 0.320 e. The molecule has 0 fully saturated rings. The van der Waals surface area contributed by atoms with Crippen LogP contribution in [-0.2, 0) is 0 Å². The minimum atomic E-state index is -0.822. The third kappa shape index (κ3) is 3.78. The zero-order valence-corrected chi connectivity index (χ0v) is 13.3. The highest BCUT2D eigenvalue weighted by atomic mass is 32.1. The number of carbonyl (C=O) groups excluding carboxylic acids is 1. The van der Waals surface area contributed by atoms with Crippen molar-refractivity contribution in [3.05, 3.63) is 88.1 Å². The van der Waals surface area contributed by atoms with Crippen LogP contribution in [0.15, 0.2) is 66.0 Å². The second-order valence-electron chi connectivity index (χ2n) is 5.08. The van der Waals surface area contributed by atoms with E-state index in [-0.39, 0.29) is 11.7 Å². The van der Waals surface area contributed by atoms with Gasteiger partial charge in [0.05, 0.1) is 11.7 Å². The summed E-state index contributed by atoms with van der Waals surface area (Å²) in [4.78, 5) is 13.2. The van der Waals surface area contributed by atoms with Gasteiger partial charge in [0.15, 0.2) is 0 Å². The molecule has 0 spiro atoms. The Balaban J connectivity index is 1.79. The lowest BCUT2D eigenvalue weighted by Gasteiger charge is -2.18. The van der Waals surface area contributed by atoms with Crippen LogP contribution in [0.2, 0.25) is 0 Å². The number of carbonyl (C=O) groups is 1. The van der Waals surface area contributed by atoms with E-state index in [1.165, 1.54) is 17.4 Å². The van der Waals surface area contributed by atoms with Crippen molar-refractivity contribution in [3.63, 3.8) is 0 Å². The van der Waals surface area contributed by atoms with Crippen LogP contribution in [0.1, 0.15) is 16.5 Å². The molecule has 0 saturated heterocycles. The summed E-state index contributed by atoms with van der Waals surface area (Å²) >= 11 is 1.51. The van der Waals surface area contributed by atoms with Gasteiger partial charge in [-0.1, -0.05) is 36.4 Å². The first kappa shape index (κ1) is 16.1. The van der Waals surface area contributed by atoms with Crippen molar-refractivity contribution in [2.45, 2.75) is 6.04 Å². The molecule has 24 heavy (non-hydrogen) atoms. The fraction of sp³-hybridized carbons (Fsp3) is 0.0556. The summed E-state index contributed by atoms with van der Waals surface area (Å²) in [5, 5.41) is 7.16. The first-order valence-electron chi connectivity index (χ1n) is 7.24. The lowest BCUT2D eigenvalue weighted by Crippen LogP contribution is -2.33. The van der Waals surface area contributed by atoms with Gasteiger partial charge in [0, 0.05) is 10.9 Å². The van der Waals surface area contributed by atoms with E-state index >= 15 is 0 Å². The van der Waals surface area contributed by atoms with Crippen molar-refractivity contribution in [1.29, 1.82) is 0 Å². The molecule has 1 aromatic heterocycles. The number of thiophene rings is 1. The first-order chi connectivity index (χ1) is 11.6. The van der Waals surface area contributed by atoms with Crippen LogP contribution in [0, 0.1) is 11.6 Å². The maximum atomic E-state index is 13.7. The Kier molecular flexibility index (Phi) is 4.86. The smallest absolute Gasteiger partial charge is 0.320 e. The Morgan fingerprint density at radius 3 is 2.46 bits per heavy atom. The minimum absolute atomic E-state index is 0.0770.